The Bertz CT molecular complexity index is 436. The van der Waals surface area contributed by atoms with Crippen LogP contribution in [-0.2, 0) is 4.79 Å². The molecule has 1 amide bonds. The van der Waals surface area contributed by atoms with Gasteiger partial charge in [0.05, 0.1) is 5.52 Å². The fourth-order valence-corrected chi connectivity index (χ4v) is 1.18. The zero-order valence-electron chi connectivity index (χ0n) is 6.77. The van der Waals surface area contributed by atoms with Gasteiger partial charge in [-0.05, 0) is 12.1 Å². The Morgan fingerprint density at radius 2 is 2.08 bits per heavy atom. The highest BCUT2D eigenvalue weighted by Crippen LogP contribution is 2.17. The molecule has 0 aliphatic heterocycles. The minimum absolute atomic E-state index is 0.542. The topological polar surface area (TPSA) is 54.9 Å². The molecule has 2 rings (SSSR count). The van der Waals surface area contributed by atoms with Crippen LogP contribution in [0.15, 0.2) is 30.6 Å². The van der Waals surface area contributed by atoms with Crippen LogP contribution < -0.4 is 5.32 Å². The quantitative estimate of drug-likeness (QED) is 0.694. The van der Waals surface area contributed by atoms with E-state index in [-0.39, 0.29) is 0 Å². The zero-order valence-corrected chi connectivity index (χ0v) is 6.77. The molecule has 0 saturated heterocycles. The van der Waals surface area contributed by atoms with E-state index >= 15 is 0 Å². The molecular weight excluding hydrogens is 166 g/mol. The fraction of sp³-hybridized carbons (Fsp3) is 0. The SMILES string of the molecule is O=CNc1ncnc2ccccc12. The molecule has 4 nitrogen and oxygen atoms in total. The number of para-hydroxylation sites is 1. The Morgan fingerprint density at radius 3 is 2.92 bits per heavy atom. The standard InChI is InChI=1S/C9H7N3O/c13-6-12-9-7-3-1-2-4-8(7)10-5-11-9/h1-6H,(H,10,11,12,13). The third kappa shape index (κ3) is 1.33. The minimum Gasteiger partial charge on any atom is -0.313 e. The number of nitrogens with zero attached hydrogens (tertiary/aromatic N) is 2. The van der Waals surface area contributed by atoms with Crippen molar-refractivity contribution in [2.75, 3.05) is 5.32 Å². The average Bonchev–Trinajstić information content (AvgIpc) is 2.19. The molecular formula is C9H7N3O. The molecule has 1 heterocycles. The van der Waals surface area contributed by atoms with Gasteiger partial charge in [0.15, 0.2) is 0 Å². The van der Waals surface area contributed by atoms with Crippen molar-refractivity contribution in [3.63, 3.8) is 0 Å². The van der Waals surface area contributed by atoms with Gasteiger partial charge in [-0.1, -0.05) is 12.1 Å². The van der Waals surface area contributed by atoms with Gasteiger partial charge in [0.25, 0.3) is 0 Å². The van der Waals surface area contributed by atoms with Crippen LogP contribution in [0.25, 0.3) is 10.9 Å². The summed E-state index contributed by atoms with van der Waals surface area (Å²) in [7, 11) is 0. The van der Waals surface area contributed by atoms with Crippen molar-refractivity contribution in [3.05, 3.63) is 30.6 Å². The molecule has 0 radical (unpaired) electrons. The highest BCUT2D eigenvalue weighted by molar-refractivity contribution is 5.92. The Labute approximate surface area is 74.6 Å². The smallest absolute Gasteiger partial charge is 0.212 e. The number of benzene rings is 1. The van der Waals surface area contributed by atoms with Crippen molar-refractivity contribution in [3.8, 4) is 0 Å². The van der Waals surface area contributed by atoms with Crippen molar-refractivity contribution < 1.29 is 4.79 Å². The van der Waals surface area contributed by atoms with E-state index < -0.39 is 0 Å². The minimum atomic E-state index is 0.542. The van der Waals surface area contributed by atoms with Gasteiger partial charge >= 0.3 is 0 Å². The van der Waals surface area contributed by atoms with E-state index in [4.69, 9.17) is 0 Å². The predicted octanol–water partition coefficient (Wildman–Crippen LogP) is 1.20. The van der Waals surface area contributed by atoms with Gasteiger partial charge in [0.2, 0.25) is 6.41 Å². The number of nitrogens with one attached hydrogen (secondary N) is 1. The van der Waals surface area contributed by atoms with Crippen LogP contribution in [0, 0.1) is 0 Å². The highest BCUT2D eigenvalue weighted by Gasteiger charge is 1.99. The Kier molecular flexibility index (Phi) is 1.88. The maximum Gasteiger partial charge on any atom is 0.212 e. The first-order chi connectivity index (χ1) is 6.42. The molecule has 0 spiro atoms. The van der Waals surface area contributed by atoms with Crippen molar-refractivity contribution >= 4 is 23.1 Å². The van der Waals surface area contributed by atoms with Crippen LogP contribution in [0.4, 0.5) is 5.82 Å². The molecule has 1 aromatic carbocycles. The Morgan fingerprint density at radius 1 is 1.23 bits per heavy atom. The second-order valence-electron chi connectivity index (χ2n) is 2.50. The fourth-order valence-electron chi connectivity index (χ4n) is 1.18. The summed E-state index contributed by atoms with van der Waals surface area (Å²) in [5.74, 6) is 0.542. The Balaban J connectivity index is 2.68. The number of rotatable bonds is 2. The number of amides is 1. The second kappa shape index (κ2) is 3.18. The second-order valence-corrected chi connectivity index (χ2v) is 2.50. The first-order valence-corrected chi connectivity index (χ1v) is 3.82. The van der Waals surface area contributed by atoms with E-state index in [9.17, 15) is 4.79 Å². The van der Waals surface area contributed by atoms with E-state index in [0.29, 0.717) is 12.2 Å². The number of carbonyl (C=O) groups excluding carboxylic acids is 1. The first kappa shape index (κ1) is 7.67. The molecule has 0 fully saturated rings. The summed E-state index contributed by atoms with van der Waals surface area (Å²) in [5, 5.41) is 3.36. The monoisotopic (exact) mass is 173 g/mol. The summed E-state index contributed by atoms with van der Waals surface area (Å²) >= 11 is 0. The number of hydrogen-bond acceptors (Lipinski definition) is 3. The summed E-state index contributed by atoms with van der Waals surface area (Å²) in [4.78, 5) is 18.2. The lowest BCUT2D eigenvalue weighted by Gasteiger charge is -2.01. The van der Waals surface area contributed by atoms with Gasteiger partial charge in [-0.15, -0.1) is 0 Å². The number of fused-ring (bicyclic) bond motifs is 1. The van der Waals surface area contributed by atoms with Crippen LogP contribution in [-0.4, -0.2) is 16.4 Å². The molecule has 1 N–H and O–H groups in total. The predicted molar refractivity (Wildman–Crippen MR) is 49.2 cm³/mol. The van der Waals surface area contributed by atoms with Gasteiger partial charge < -0.3 is 5.32 Å². The first-order valence-electron chi connectivity index (χ1n) is 3.82. The maximum atomic E-state index is 10.2. The van der Waals surface area contributed by atoms with Crippen LogP contribution in [0.2, 0.25) is 0 Å². The maximum absolute atomic E-state index is 10.2. The number of anilines is 1. The molecule has 13 heavy (non-hydrogen) atoms. The van der Waals surface area contributed by atoms with E-state index in [1.165, 1.54) is 6.33 Å². The average molecular weight is 173 g/mol. The van der Waals surface area contributed by atoms with Crippen molar-refractivity contribution in [1.82, 2.24) is 9.97 Å². The van der Waals surface area contributed by atoms with E-state index in [2.05, 4.69) is 15.3 Å². The Hall–Kier alpha value is -1.97. The molecule has 0 saturated carbocycles. The van der Waals surface area contributed by atoms with E-state index in [1.54, 1.807) is 0 Å². The van der Waals surface area contributed by atoms with Crippen molar-refractivity contribution in [2.45, 2.75) is 0 Å². The zero-order chi connectivity index (χ0) is 9.10. The van der Waals surface area contributed by atoms with E-state index in [1.807, 2.05) is 24.3 Å². The lowest BCUT2D eigenvalue weighted by Crippen LogP contribution is -1.98. The van der Waals surface area contributed by atoms with Crippen LogP contribution in [0.1, 0.15) is 0 Å². The van der Waals surface area contributed by atoms with Gasteiger partial charge in [0.1, 0.15) is 12.1 Å². The van der Waals surface area contributed by atoms with E-state index in [0.717, 1.165) is 10.9 Å². The summed E-state index contributed by atoms with van der Waals surface area (Å²) in [5.41, 5.74) is 0.821. The largest absolute Gasteiger partial charge is 0.313 e. The third-order valence-electron chi connectivity index (χ3n) is 1.74. The van der Waals surface area contributed by atoms with Gasteiger partial charge in [-0.2, -0.15) is 0 Å². The number of carbonyl (C=O) groups is 1. The summed E-state index contributed by atoms with van der Waals surface area (Å²) in [6.07, 6.45) is 2.03. The lowest BCUT2D eigenvalue weighted by molar-refractivity contribution is -0.105. The summed E-state index contributed by atoms with van der Waals surface area (Å²) < 4.78 is 0. The van der Waals surface area contributed by atoms with Gasteiger partial charge in [-0.25, -0.2) is 9.97 Å². The molecule has 64 valence electrons. The number of aromatic nitrogens is 2. The van der Waals surface area contributed by atoms with Gasteiger partial charge in [-0.3, -0.25) is 4.79 Å². The molecule has 0 bridgehead atoms. The normalized spacial score (nSPS) is 9.85. The van der Waals surface area contributed by atoms with Crippen molar-refractivity contribution in [1.29, 1.82) is 0 Å². The molecule has 4 heteroatoms. The highest BCUT2D eigenvalue weighted by atomic mass is 16.1. The summed E-state index contributed by atoms with van der Waals surface area (Å²) in [6.45, 7) is 0. The molecule has 2 aromatic rings. The van der Waals surface area contributed by atoms with Crippen molar-refractivity contribution in [2.24, 2.45) is 0 Å². The number of hydrogen-bond donors (Lipinski definition) is 1. The van der Waals surface area contributed by atoms with Gasteiger partial charge in [0, 0.05) is 5.39 Å². The third-order valence-corrected chi connectivity index (χ3v) is 1.74. The molecule has 0 atom stereocenters. The molecule has 0 aliphatic rings. The molecule has 0 unspecified atom stereocenters. The van der Waals surface area contributed by atoms with Crippen LogP contribution in [0.3, 0.4) is 0 Å². The van der Waals surface area contributed by atoms with Crippen LogP contribution >= 0.6 is 0 Å². The molecule has 1 aromatic heterocycles. The van der Waals surface area contributed by atoms with Crippen LogP contribution in [0.5, 0.6) is 0 Å². The lowest BCUT2D eigenvalue weighted by atomic mass is 10.2. The summed E-state index contributed by atoms with van der Waals surface area (Å²) in [6, 6.07) is 7.50. The molecule has 0 aliphatic carbocycles.